The zero-order chi connectivity index (χ0) is 27.9. The number of allylic oxidation sites excluding steroid dienone is 2. The number of amides is 1. The van der Waals surface area contributed by atoms with Crippen LogP contribution in [-0.4, -0.2) is 95.9 Å². The predicted molar refractivity (Wildman–Crippen MR) is 151 cm³/mol. The summed E-state index contributed by atoms with van der Waals surface area (Å²) in [6.07, 6.45) is 5.91. The van der Waals surface area contributed by atoms with Crippen molar-refractivity contribution in [3.05, 3.63) is 53.3 Å². The van der Waals surface area contributed by atoms with Crippen LogP contribution in [0.5, 0.6) is 0 Å². The molecule has 212 valence electrons. The number of hydrogen-bond acceptors (Lipinski definition) is 7. The molecule has 0 aromatic heterocycles. The van der Waals surface area contributed by atoms with Gasteiger partial charge in [0.1, 0.15) is 17.6 Å². The number of nitrogens with zero attached hydrogens (tertiary/aromatic N) is 3. The number of methoxy groups -OCH3 is 1. The molecule has 0 saturated carbocycles. The number of hydrogen-bond donors (Lipinski definition) is 1. The summed E-state index contributed by atoms with van der Waals surface area (Å²) in [4.78, 5) is 17.0. The van der Waals surface area contributed by atoms with Crippen LogP contribution in [-0.2, 0) is 30.8 Å². The number of ether oxygens (including phenoxy) is 2. The lowest BCUT2D eigenvalue weighted by Crippen LogP contribution is -2.42. The fraction of sp³-hybridized carbons (Fsp3) is 0.607. The van der Waals surface area contributed by atoms with Crippen LogP contribution in [0.4, 0.5) is 5.69 Å². The molecule has 2 unspecified atom stereocenters. The van der Waals surface area contributed by atoms with Gasteiger partial charge in [-0.2, -0.15) is 0 Å². The highest BCUT2D eigenvalue weighted by atomic mass is 32.2. The molecule has 1 aromatic rings. The lowest BCUT2D eigenvalue weighted by Gasteiger charge is -2.36. The Labute approximate surface area is 228 Å². The monoisotopic (exact) mass is 548 g/mol. The second kappa shape index (κ2) is 13.6. The van der Waals surface area contributed by atoms with E-state index in [0.29, 0.717) is 18.3 Å². The van der Waals surface area contributed by atoms with Crippen LogP contribution >= 0.6 is 0 Å². The highest BCUT2D eigenvalue weighted by Crippen LogP contribution is 2.30. The fourth-order valence-corrected chi connectivity index (χ4v) is 7.02. The van der Waals surface area contributed by atoms with Crippen molar-refractivity contribution in [2.75, 3.05) is 66.0 Å². The van der Waals surface area contributed by atoms with Crippen molar-refractivity contribution < 1.29 is 22.7 Å². The highest BCUT2D eigenvalue weighted by molar-refractivity contribution is 7.90. The number of rotatable bonds is 12. The largest absolute Gasteiger partial charge is 0.497 e. The summed E-state index contributed by atoms with van der Waals surface area (Å²) in [7, 11) is 3.82. The van der Waals surface area contributed by atoms with Crippen molar-refractivity contribution in [3.63, 3.8) is 0 Å². The smallest absolute Gasteiger partial charge is 0.246 e. The maximum atomic E-state index is 13.1. The van der Waals surface area contributed by atoms with Gasteiger partial charge in [-0.15, -0.1) is 0 Å². The van der Waals surface area contributed by atoms with Gasteiger partial charge in [-0.1, -0.05) is 19.1 Å². The summed E-state index contributed by atoms with van der Waals surface area (Å²) in [6, 6.07) is 8.96. The van der Waals surface area contributed by atoms with E-state index in [4.69, 9.17) is 9.47 Å². The van der Waals surface area contributed by atoms with E-state index in [1.165, 1.54) is 9.99 Å². The van der Waals surface area contributed by atoms with Gasteiger partial charge in [-0.3, -0.25) is 4.79 Å². The number of piperidine rings is 1. The van der Waals surface area contributed by atoms with Crippen molar-refractivity contribution in [1.82, 2.24) is 14.5 Å². The second-order valence-corrected chi connectivity index (χ2v) is 12.6. The van der Waals surface area contributed by atoms with Crippen molar-refractivity contribution in [2.45, 2.75) is 44.5 Å². The third kappa shape index (κ3) is 7.81. The zero-order valence-electron chi connectivity index (χ0n) is 23.6. The van der Waals surface area contributed by atoms with E-state index < -0.39 is 15.3 Å². The number of likely N-dealkylation sites (N-methyl/N-ethyl adjacent to an activating group) is 1. The molecule has 2 atom stereocenters. The Kier molecular flexibility index (Phi) is 10.8. The summed E-state index contributed by atoms with van der Waals surface area (Å²) < 4.78 is 38.3. The molecular formula is C28H44N4O5S. The highest BCUT2D eigenvalue weighted by Gasteiger charge is 2.36. The second-order valence-electron chi connectivity index (χ2n) is 10.5. The van der Waals surface area contributed by atoms with Crippen LogP contribution in [0.25, 0.3) is 0 Å². The van der Waals surface area contributed by atoms with Gasteiger partial charge in [-0.25, -0.2) is 12.7 Å². The minimum Gasteiger partial charge on any atom is -0.497 e. The molecule has 1 saturated heterocycles. The van der Waals surface area contributed by atoms with Crippen LogP contribution in [0.3, 0.4) is 0 Å². The molecule has 0 bridgehead atoms. The van der Waals surface area contributed by atoms with Gasteiger partial charge in [0.25, 0.3) is 0 Å². The molecule has 1 aromatic carbocycles. The first-order chi connectivity index (χ1) is 18.0. The van der Waals surface area contributed by atoms with E-state index in [1.54, 1.807) is 27.2 Å². The molecule has 0 radical (unpaired) electrons. The lowest BCUT2D eigenvalue weighted by atomic mass is 9.95. The van der Waals surface area contributed by atoms with Crippen molar-refractivity contribution >= 4 is 21.6 Å². The quantitative estimate of drug-likeness (QED) is 0.402. The molecule has 10 heteroatoms. The molecular weight excluding hydrogens is 504 g/mol. The lowest BCUT2D eigenvalue weighted by molar-refractivity contribution is -0.125. The molecule has 1 N–H and O–H groups in total. The Morgan fingerprint density at radius 3 is 2.37 bits per heavy atom. The Bertz CT molecular complexity index is 1090. The van der Waals surface area contributed by atoms with Gasteiger partial charge in [0.15, 0.2) is 0 Å². The molecule has 0 spiro atoms. The normalized spacial score (nSPS) is 20.9. The van der Waals surface area contributed by atoms with Gasteiger partial charge >= 0.3 is 0 Å². The summed E-state index contributed by atoms with van der Waals surface area (Å²) in [5.74, 6) is 0.232. The minimum atomic E-state index is -3.58. The third-order valence-electron chi connectivity index (χ3n) is 7.48. The van der Waals surface area contributed by atoms with Crippen LogP contribution in [0.2, 0.25) is 0 Å². The Morgan fingerprint density at radius 1 is 1.13 bits per heavy atom. The number of carbonyl (C=O) groups excluding carboxylic acids is 1. The summed E-state index contributed by atoms with van der Waals surface area (Å²) >= 11 is 0. The third-order valence-corrected chi connectivity index (χ3v) is 9.98. The molecule has 9 nitrogen and oxygen atoms in total. The van der Waals surface area contributed by atoms with E-state index in [0.717, 1.165) is 37.1 Å². The number of nitrogens with one attached hydrogen (secondary N) is 1. The molecule has 1 amide bonds. The zero-order valence-corrected chi connectivity index (χ0v) is 24.5. The summed E-state index contributed by atoms with van der Waals surface area (Å²) in [6.45, 7) is 6.37. The van der Waals surface area contributed by atoms with Gasteiger partial charge in [0.05, 0.1) is 13.7 Å². The number of sulfonamides is 1. The molecule has 3 rings (SSSR count). The first-order valence-corrected chi connectivity index (χ1v) is 14.8. The maximum absolute atomic E-state index is 13.1. The molecule has 1 heterocycles. The van der Waals surface area contributed by atoms with Crippen LogP contribution in [0.1, 0.15) is 32.3 Å². The molecule has 1 fully saturated rings. The predicted octanol–water partition coefficient (Wildman–Crippen LogP) is 2.61. The number of benzene rings is 1. The molecule has 1 aliphatic heterocycles. The molecule has 38 heavy (non-hydrogen) atoms. The Hall–Kier alpha value is -2.40. The van der Waals surface area contributed by atoms with E-state index in [1.807, 2.05) is 25.1 Å². The maximum Gasteiger partial charge on any atom is 0.246 e. The number of anilines is 1. The first-order valence-electron chi connectivity index (χ1n) is 13.3. The van der Waals surface area contributed by atoms with Gasteiger partial charge < -0.3 is 24.6 Å². The van der Waals surface area contributed by atoms with E-state index in [9.17, 15) is 13.2 Å². The fourth-order valence-electron chi connectivity index (χ4n) is 5.14. The Balaban J connectivity index is 1.37. The SMILES string of the molecule is COC1=CC(C)C(S(=O)(=O)N(C)CCOCC(=O)NCc2ccc(N3CCC(N(C)C)CC3)cc2)C(C)=C1. The van der Waals surface area contributed by atoms with Crippen LogP contribution in [0.15, 0.2) is 47.7 Å². The Morgan fingerprint density at radius 2 is 1.79 bits per heavy atom. The van der Waals surface area contributed by atoms with Crippen molar-refractivity contribution in [2.24, 2.45) is 5.92 Å². The average Bonchev–Trinajstić information content (AvgIpc) is 2.89. The van der Waals surface area contributed by atoms with Gasteiger partial charge in [0, 0.05) is 45.0 Å². The van der Waals surface area contributed by atoms with Crippen LogP contribution < -0.4 is 10.2 Å². The van der Waals surface area contributed by atoms with Gasteiger partial charge in [-0.05, 0) is 75.2 Å². The standard InChI is InChI=1S/C28H44N4O5S/c1-21-17-26(36-6)18-22(2)28(21)38(34,35)31(5)15-16-37-20-27(33)29-19-23-7-9-25(10-8-23)32-13-11-24(12-14-32)30(3)4/h7-10,17-18,21,24,28H,11-16,19-20H2,1-6H3,(H,29,33). The average molecular weight is 549 g/mol. The van der Waals surface area contributed by atoms with E-state index in [2.05, 4.69) is 41.3 Å². The van der Waals surface area contributed by atoms with Crippen molar-refractivity contribution in [3.8, 4) is 0 Å². The molecule has 1 aliphatic carbocycles. The first kappa shape index (κ1) is 30.1. The molecule has 2 aliphatic rings. The van der Waals surface area contributed by atoms with E-state index >= 15 is 0 Å². The van der Waals surface area contributed by atoms with E-state index in [-0.39, 0.29) is 31.6 Å². The summed E-state index contributed by atoms with van der Waals surface area (Å²) in [5, 5.41) is 2.22. The minimum absolute atomic E-state index is 0.120. The topological polar surface area (TPSA) is 91.4 Å². The number of carbonyl (C=O) groups is 1. The van der Waals surface area contributed by atoms with Crippen molar-refractivity contribution in [1.29, 1.82) is 0 Å². The van der Waals surface area contributed by atoms with Gasteiger partial charge in [0.2, 0.25) is 15.9 Å². The summed E-state index contributed by atoms with van der Waals surface area (Å²) in [5.41, 5.74) is 2.97. The van der Waals surface area contributed by atoms with Crippen LogP contribution in [0, 0.1) is 5.92 Å².